The van der Waals surface area contributed by atoms with Crippen molar-refractivity contribution in [1.29, 1.82) is 0 Å². The Balaban J connectivity index is 1.74. The van der Waals surface area contributed by atoms with Gasteiger partial charge in [-0.2, -0.15) is 0 Å². The molecular formula is C18H17IN2O2. The number of amides is 2. The van der Waals surface area contributed by atoms with Crippen LogP contribution in [0.25, 0.3) is 0 Å². The number of likely N-dealkylation sites (tertiary alicyclic amines) is 1. The van der Waals surface area contributed by atoms with Gasteiger partial charge < -0.3 is 10.2 Å². The summed E-state index contributed by atoms with van der Waals surface area (Å²) in [5.41, 5.74) is 1.86. The fraction of sp³-hybridized carbons (Fsp3) is 0.222. The SMILES string of the molecule is O=C(Nc1cccc(C(=O)N2CCCC2)c1)c1cccc(I)c1. The lowest BCUT2D eigenvalue weighted by molar-refractivity contribution is 0.0792. The maximum atomic E-state index is 12.4. The molecule has 3 rings (SSSR count). The number of carbonyl (C=O) groups is 2. The summed E-state index contributed by atoms with van der Waals surface area (Å²) >= 11 is 2.18. The van der Waals surface area contributed by atoms with Gasteiger partial charge in [0.05, 0.1) is 0 Å². The van der Waals surface area contributed by atoms with Gasteiger partial charge in [-0.05, 0) is 71.8 Å². The predicted octanol–water partition coefficient (Wildman–Crippen LogP) is 3.78. The summed E-state index contributed by atoms with van der Waals surface area (Å²) in [6.07, 6.45) is 2.13. The minimum absolute atomic E-state index is 0.0351. The third-order valence-electron chi connectivity index (χ3n) is 3.85. The lowest BCUT2D eigenvalue weighted by Gasteiger charge is -2.15. The van der Waals surface area contributed by atoms with Gasteiger partial charge in [-0.3, -0.25) is 9.59 Å². The molecule has 1 aliphatic rings. The van der Waals surface area contributed by atoms with Crippen molar-refractivity contribution in [2.75, 3.05) is 18.4 Å². The van der Waals surface area contributed by atoms with E-state index in [2.05, 4.69) is 27.9 Å². The van der Waals surface area contributed by atoms with Gasteiger partial charge in [-0.15, -0.1) is 0 Å². The maximum Gasteiger partial charge on any atom is 0.255 e. The topological polar surface area (TPSA) is 49.4 Å². The number of hydrogen-bond donors (Lipinski definition) is 1. The van der Waals surface area contributed by atoms with E-state index in [1.54, 1.807) is 30.3 Å². The largest absolute Gasteiger partial charge is 0.339 e. The fourth-order valence-corrected chi connectivity index (χ4v) is 3.21. The molecule has 0 aromatic heterocycles. The number of nitrogens with zero attached hydrogens (tertiary/aromatic N) is 1. The Morgan fingerprint density at radius 2 is 1.65 bits per heavy atom. The third kappa shape index (κ3) is 3.90. The van der Waals surface area contributed by atoms with Crippen LogP contribution in [0, 0.1) is 3.57 Å². The monoisotopic (exact) mass is 420 g/mol. The first-order chi connectivity index (χ1) is 11.1. The molecule has 0 bridgehead atoms. The highest BCUT2D eigenvalue weighted by Gasteiger charge is 2.19. The van der Waals surface area contributed by atoms with Gasteiger partial charge in [0.15, 0.2) is 0 Å². The van der Waals surface area contributed by atoms with Crippen molar-refractivity contribution in [3.05, 3.63) is 63.2 Å². The summed E-state index contributed by atoms with van der Waals surface area (Å²) in [5, 5.41) is 2.86. The molecule has 1 fully saturated rings. The molecule has 23 heavy (non-hydrogen) atoms. The van der Waals surface area contributed by atoms with Crippen molar-refractivity contribution < 1.29 is 9.59 Å². The van der Waals surface area contributed by atoms with E-state index >= 15 is 0 Å². The van der Waals surface area contributed by atoms with E-state index in [9.17, 15) is 9.59 Å². The quantitative estimate of drug-likeness (QED) is 0.769. The normalized spacial score (nSPS) is 13.9. The zero-order chi connectivity index (χ0) is 16.2. The van der Waals surface area contributed by atoms with E-state index < -0.39 is 0 Å². The van der Waals surface area contributed by atoms with Crippen LogP contribution in [0.5, 0.6) is 0 Å². The van der Waals surface area contributed by atoms with Crippen LogP contribution in [-0.4, -0.2) is 29.8 Å². The van der Waals surface area contributed by atoms with E-state index in [0.717, 1.165) is 29.5 Å². The molecule has 1 aliphatic heterocycles. The molecule has 2 amide bonds. The van der Waals surface area contributed by atoms with Crippen LogP contribution in [0.15, 0.2) is 48.5 Å². The first-order valence-electron chi connectivity index (χ1n) is 7.60. The van der Waals surface area contributed by atoms with Crippen LogP contribution in [0.3, 0.4) is 0 Å². The summed E-state index contributed by atoms with van der Waals surface area (Å²) in [7, 11) is 0. The van der Waals surface area contributed by atoms with Gasteiger partial charge in [0.1, 0.15) is 0 Å². The molecule has 0 aliphatic carbocycles. The molecule has 5 heteroatoms. The van der Waals surface area contributed by atoms with Crippen LogP contribution in [0.2, 0.25) is 0 Å². The molecule has 2 aromatic carbocycles. The molecule has 0 saturated carbocycles. The minimum atomic E-state index is -0.172. The Morgan fingerprint density at radius 1 is 0.957 bits per heavy atom. The second-order valence-corrected chi connectivity index (χ2v) is 6.79. The lowest BCUT2D eigenvalue weighted by atomic mass is 10.1. The average molecular weight is 420 g/mol. The van der Waals surface area contributed by atoms with Gasteiger partial charge >= 0.3 is 0 Å². The zero-order valence-electron chi connectivity index (χ0n) is 12.6. The number of hydrogen-bond acceptors (Lipinski definition) is 2. The molecule has 1 N–H and O–H groups in total. The Bertz CT molecular complexity index is 739. The first kappa shape index (κ1) is 16.0. The molecule has 0 unspecified atom stereocenters. The summed E-state index contributed by atoms with van der Waals surface area (Å²) < 4.78 is 1.01. The Labute approximate surface area is 149 Å². The Kier molecular flexibility index (Phi) is 4.95. The molecular weight excluding hydrogens is 403 g/mol. The zero-order valence-corrected chi connectivity index (χ0v) is 14.7. The van der Waals surface area contributed by atoms with Gasteiger partial charge in [-0.1, -0.05) is 12.1 Å². The predicted molar refractivity (Wildman–Crippen MR) is 98.7 cm³/mol. The fourth-order valence-electron chi connectivity index (χ4n) is 2.67. The van der Waals surface area contributed by atoms with Crippen molar-refractivity contribution in [2.45, 2.75) is 12.8 Å². The smallest absolute Gasteiger partial charge is 0.255 e. The molecule has 0 radical (unpaired) electrons. The van der Waals surface area contributed by atoms with Crippen LogP contribution < -0.4 is 5.32 Å². The summed E-state index contributed by atoms with van der Waals surface area (Å²) in [4.78, 5) is 26.6. The van der Waals surface area contributed by atoms with Gasteiger partial charge in [0.25, 0.3) is 11.8 Å². The molecule has 0 spiro atoms. The van der Waals surface area contributed by atoms with Crippen LogP contribution in [-0.2, 0) is 0 Å². The van der Waals surface area contributed by atoms with E-state index in [0.29, 0.717) is 16.8 Å². The number of nitrogens with one attached hydrogen (secondary N) is 1. The third-order valence-corrected chi connectivity index (χ3v) is 4.52. The summed E-state index contributed by atoms with van der Waals surface area (Å²) in [5.74, 6) is -0.137. The second kappa shape index (κ2) is 7.12. The van der Waals surface area contributed by atoms with Gasteiger partial charge in [0.2, 0.25) is 0 Å². The molecule has 4 nitrogen and oxygen atoms in total. The van der Waals surface area contributed by atoms with Crippen molar-refractivity contribution in [2.24, 2.45) is 0 Å². The summed E-state index contributed by atoms with van der Waals surface area (Å²) in [6.45, 7) is 1.63. The highest BCUT2D eigenvalue weighted by molar-refractivity contribution is 14.1. The number of benzene rings is 2. The van der Waals surface area contributed by atoms with E-state index in [-0.39, 0.29) is 11.8 Å². The summed E-state index contributed by atoms with van der Waals surface area (Å²) in [6, 6.07) is 14.5. The molecule has 2 aromatic rings. The second-order valence-electron chi connectivity index (χ2n) is 5.54. The Morgan fingerprint density at radius 3 is 2.39 bits per heavy atom. The molecule has 0 atom stereocenters. The maximum absolute atomic E-state index is 12.4. The van der Waals surface area contributed by atoms with E-state index in [1.807, 2.05) is 23.1 Å². The van der Waals surface area contributed by atoms with Crippen molar-refractivity contribution in [3.63, 3.8) is 0 Å². The molecule has 1 saturated heterocycles. The van der Waals surface area contributed by atoms with Crippen LogP contribution in [0.1, 0.15) is 33.6 Å². The van der Waals surface area contributed by atoms with E-state index in [1.165, 1.54) is 0 Å². The van der Waals surface area contributed by atoms with Crippen molar-refractivity contribution >= 4 is 40.1 Å². The lowest BCUT2D eigenvalue weighted by Crippen LogP contribution is -2.27. The van der Waals surface area contributed by atoms with Crippen molar-refractivity contribution in [1.82, 2.24) is 4.90 Å². The molecule has 1 heterocycles. The average Bonchev–Trinajstić information content (AvgIpc) is 3.09. The highest BCUT2D eigenvalue weighted by Crippen LogP contribution is 2.17. The molecule has 118 valence electrons. The van der Waals surface area contributed by atoms with Crippen LogP contribution >= 0.6 is 22.6 Å². The van der Waals surface area contributed by atoms with Crippen LogP contribution in [0.4, 0.5) is 5.69 Å². The van der Waals surface area contributed by atoms with Gasteiger partial charge in [0, 0.05) is 33.5 Å². The van der Waals surface area contributed by atoms with E-state index in [4.69, 9.17) is 0 Å². The van der Waals surface area contributed by atoms with Crippen molar-refractivity contribution in [3.8, 4) is 0 Å². The number of carbonyl (C=O) groups excluding carboxylic acids is 2. The number of rotatable bonds is 3. The highest BCUT2D eigenvalue weighted by atomic mass is 127. The number of anilines is 1. The minimum Gasteiger partial charge on any atom is -0.339 e. The number of halogens is 1. The standard InChI is InChI=1S/C18H17IN2O2/c19-15-7-3-5-13(11-15)17(22)20-16-8-4-6-14(12-16)18(23)21-9-1-2-10-21/h3-8,11-12H,1-2,9-10H2,(H,20,22). The van der Waals surface area contributed by atoms with Gasteiger partial charge in [-0.25, -0.2) is 0 Å². The Hall–Kier alpha value is -1.89. The first-order valence-corrected chi connectivity index (χ1v) is 8.67.